The molecule has 0 bridgehead atoms. The molecule has 3 N–H and O–H groups in total. The molecular formula is C12H8BrClF2N2O2S. The second-order valence-electron chi connectivity index (χ2n) is 4.04. The first kappa shape index (κ1) is 16.0. The van der Waals surface area contributed by atoms with Crippen molar-refractivity contribution < 1.29 is 17.2 Å². The highest BCUT2D eigenvalue weighted by molar-refractivity contribution is 9.10. The molecule has 0 saturated carbocycles. The molecule has 0 aliphatic carbocycles. The second kappa shape index (κ2) is 5.78. The van der Waals surface area contributed by atoms with Crippen LogP contribution in [0.2, 0.25) is 5.02 Å². The SMILES string of the molecule is Nc1cc(F)c(S(=O)(=O)Nc2cc(Cl)ccc2Br)c(F)c1. The maximum Gasteiger partial charge on any atom is 0.267 e. The van der Waals surface area contributed by atoms with Gasteiger partial charge in [0.25, 0.3) is 10.0 Å². The fourth-order valence-electron chi connectivity index (χ4n) is 1.61. The van der Waals surface area contributed by atoms with Crippen LogP contribution in [0.3, 0.4) is 0 Å². The van der Waals surface area contributed by atoms with Gasteiger partial charge in [-0.05, 0) is 46.3 Å². The third kappa shape index (κ3) is 3.45. The molecular weight excluding hydrogens is 390 g/mol. The molecule has 0 aromatic heterocycles. The van der Waals surface area contributed by atoms with Crippen molar-refractivity contribution in [2.24, 2.45) is 0 Å². The number of benzene rings is 2. The predicted octanol–water partition coefficient (Wildman–Crippen LogP) is 3.76. The molecule has 0 heterocycles. The van der Waals surface area contributed by atoms with E-state index in [1.807, 2.05) is 0 Å². The quantitative estimate of drug-likeness (QED) is 0.775. The fraction of sp³-hybridized carbons (Fsp3) is 0. The third-order valence-electron chi connectivity index (χ3n) is 2.46. The van der Waals surface area contributed by atoms with Crippen molar-refractivity contribution in [3.63, 3.8) is 0 Å². The Labute approximate surface area is 133 Å². The van der Waals surface area contributed by atoms with Crippen LogP contribution in [0.1, 0.15) is 0 Å². The first-order chi connectivity index (χ1) is 9.70. The van der Waals surface area contributed by atoms with Gasteiger partial charge >= 0.3 is 0 Å². The van der Waals surface area contributed by atoms with Gasteiger partial charge in [0.15, 0.2) is 4.90 Å². The number of hydrogen-bond acceptors (Lipinski definition) is 3. The summed E-state index contributed by atoms with van der Waals surface area (Å²) in [6.07, 6.45) is 0. The summed E-state index contributed by atoms with van der Waals surface area (Å²) in [5.41, 5.74) is 5.09. The predicted molar refractivity (Wildman–Crippen MR) is 80.7 cm³/mol. The van der Waals surface area contributed by atoms with Gasteiger partial charge < -0.3 is 5.73 Å². The molecule has 0 amide bonds. The van der Waals surface area contributed by atoms with Crippen LogP contribution in [-0.2, 0) is 10.0 Å². The molecule has 9 heteroatoms. The lowest BCUT2D eigenvalue weighted by Gasteiger charge is -2.12. The molecule has 0 saturated heterocycles. The van der Waals surface area contributed by atoms with Crippen molar-refractivity contribution in [1.82, 2.24) is 0 Å². The molecule has 0 fully saturated rings. The Morgan fingerprint density at radius 2 is 1.71 bits per heavy atom. The number of nitrogens with two attached hydrogens (primary N) is 1. The molecule has 2 rings (SSSR count). The van der Waals surface area contributed by atoms with Crippen molar-refractivity contribution in [2.45, 2.75) is 4.90 Å². The third-order valence-corrected chi connectivity index (χ3v) is 4.80. The Hall–Kier alpha value is -1.38. The minimum Gasteiger partial charge on any atom is -0.399 e. The van der Waals surface area contributed by atoms with Gasteiger partial charge in [0.1, 0.15) is 11.6 Å². The first-order valence-corrected chi connectivity index (χ1v) is 8.08. The number of nitrogens with one attached hydrogen (secondary N) is 1. The summed E-state index contributed by atoms with van der Waals surface area (Å²) in [6.45, 7) is 0. The lowest BCUT2D eigenvalue weighted by molar-refractivity contribution is 0.522. The van der Waals surface area contributed by atoms with Crippen molar-refractivity contribution in [1.29, 1.82) is 0 Å². The van der Waals surface area contributed by atoms with Crippen LogP contribution in [0.15, 0.2) is 39.7 Å². The van der Waals surface area contributed by atoms with E-state index in [-0.39, 0.29) is 16.4 Å². The topological polar surface area (TPSA) is 72.2 Å². The van der Waals surface area contributed by atoms with E-state index >= 15 is 0 Å². The maximum atomic E-state index is 13.7. The van der Waals surface area contributed by atoms with Gasteiger partial charge in [-0.2, -0.15) is 0 Å². The second-order valence-corrected chi connectivity index (χ2v) is 6.95. The van der Waals surface area contributed by atoms with E-state index in [1.54, 1.807) is 0 Å². The average Bonchev–Trinajstić information content (AvgIpc) is 2.31. The average molecular weight is 398 g/mol. The summed E-state index contributed by atoms with van der Waals surface area (Å²) in [4.78, 5) is -1.11. The highest BCUT2D eigenvalue weighted by Crippen LogP contribution is 2.30. The number of rotatable bonds is 3. The van der Waals surface area contributed by atoms with Crippen LogP contribution in [-0.4, -0.2) is 8.42 Å². The molecule has 0 spiro atoms. The molecule has 2 aromatic carbocycles. The molecule has 0 unspecified atom stereocenters. The normalized spacial score (nSPS) is 11.4. The minimum absolute atomic E-state index is 0.0538. The zero-order valence-corrected chi connectivity index (χ0v) is 13.4. The summed E-state index contributed by atoms with van der Waals surface area (Å²) in [5, 5.41) is 0.258. The number of halogens is 4. The summed E-state index contributed by atoms with van der Waals surface area (Å²) < 4.78 is 54.1. The van der Waals surface area contributed by atoms with E-state index in [4.69, 9.17) is 17.3 Å². The van der Waals surface area contributed by atoms with Crippen molar-refractivity contribution in [3.05, 3.63) is 51.5 Å². The van der Waals surface area contributed by atoms with Crippen molar-refractivity contribution in [3.8, 4) is 0 Å². The standard InChI is InChI=1S/C12H8BrClF2N2O2S/c13-8-2-1-6(14)3-11(8)18-21(19,20)12-9(15)4-7(17)5-10(12)16/h1-5,18H,17H2. The number of anilines is 2. The van der Waals surface area contributed by atoms with Crippen LogP contribution >= 0.6 is 27.5 Å². The maximum absolute atomic E-state index is 13.7. The highest BCUT2D eigenvalue weighted by atomic mass is 79.9. The summed E-state index contributed by atoms with van der Waals surface area (Å²) in [7, 11) is -4.47. The summed E-state index contributed by atoms with van der Waals surface area (Å²) >= 11 is 8.87. The smallest absolute Gasteiger partial charge is 0.267 e. The largest absolute Gasteiger partial charge is 0.399 e. The molecule has 4 nitrogen and oxygen atoms in total. The van der Waals surface area contributed by atoms with Gasteiger partial charge in [0.2, 0.25) is 0 Å². The molecule has 21 heavy (non-hydrogen) atoms. The van der Waals surface area contributed by atoms with Gasteiger partial charge in [0.05, 0.1) is 5.69 Å². The van der Waals surface area contributed by atoms with Crippen LogP contribution in [0.25, 0.3) is 0 Å². The van der Waals surface area contributed by atoms with E-state index in [1.165, 1.54) is 18.2 Å². The minimum atomic E-state index is -4.47. The number of nitrogen functional groups attached to an aromatic ring is 1. The molecule has 2 aromatic rings. The van der Waals surface area contributed by atoms with Gasteiger partial charge in [-0.3, -0.25) is 4.72 Å². The van der Waals surface area contributed by atoms with Gasteiger partial charge in [0, 0.05) is 15.2 Å². The van der Waals surface area contributed by atoms with Crippen molar-refractivity contribution in [2.75, 3.05) is 10.5 Å². The monoisotopic (exact) mass is 396 g/mol. The summed E-state index contributed by atoms with van der Waals surface area (Å²) in [5.74, 6) is -2.56. The number of hydrogen-bond donors (Lipinski definition) is 2. The van der Waals surface area contributed by atoms with Crippen LogP contribution in [0.4, 0.5) is 20.2 Å². The van der Waals surface area contributed by atoms with E-state index in [0.29, 0.717) is 4.47 Å². The van der Waals surface area contributed by atoms with E-state index in [0.717, 1.165) is 12.1 Å². The molecule has 0 aliphatic heterocycles. The molecule has 0 atom stereocenters. The number of sulfonamides is 1. The summed E-state index contributed by atoms with van der Waals surface area (Å²) in [6, 6.07) is 5.77. The van der Waals surface area contributed by atoms with Gasteiger partial charge in [-0.1, -0.05) is 11.6 Å². The van der Waals surface area contributed by atoms with Crippen LogP contribution in [0.5, 0.6) is 0 Å². The Morgan fingerprint density at radius 3 is 2.29 bits per heavy atom. The Bertz CT molecular complexity index is 792. The van der Waals surface area contributed by atoms with E-state index in [9.17, 15) is 17.2 Å². The zero-order chi connectivity index (χ0) is 15.8. The first-order valence-electron chi connectivity index (χ1n) is 5.43. The van der Waals surface area contributed by atoms with Gasteiger partial charge in [-0.15, -0.1) is 0 Å². The zero-order valence-electron chi connectivity index (χ0n) is 10.2. The van der Waals surface area contributed by atoms with E-state index in [2.05, 4.69) is 20.7 Å². The van der Waals surface area contributed by atoms with Crippen LogP contribution in [0, 0.1) is 11.6 Å². The lowest BCUT2D eigenvalue weighted by Crippen LogP contribution is -2.17. The van der Waals surface area contributed by atoms with Crippen molar-refractivity contribution >= 4 is 48.9 Å². The lowest BCUT2D eigenvalue weighted by atomic mass is 10.3. The molecule has 112 valence electrons. The Balaban J connectivity index is 2.51. The fourth-order valence-corrected chi connectivity index (χ4v) is 3.45. The Kier molecular flexibility index (Phi) is 4.40. The molecule has 0 aliphatic rings. The molecule has 0 radical (unpaired) electrons. The van der Waals surface area contributed by atoms with E-state index < -0.39 is 26.6 Å². The van der Waals surface area contributed by atoms with Gasteiger partial charge in [-0.25, -0.2) is 17.2 Å². The highest BCUT2D eigenvalue weighted by Gasteiger charge is 2.25. The Morgan fingerprint density at radius 1 is 1.14 bits per heavy atom. The van der Waals surface area contributed by atoms with Crippen LogP contribution < -0.4 is 10.5 Å².